The van der Waals surface area contributed by atoms with Gasteiger partial charge in [-0.05, 0) is 42.9 Å². The molecule has 0 radical (unpaired) electrons. The van der Waals surface area contributed by atoms with E-state index in [1.807, 2.05) is 0 Å². The predicted octanol–water partition coefficient (Wildman–Crippen LogP) is 2.30. The van der Waals surface area contributed by atoms with Crippen LogP contribution in [0, 0.1) is 35.5 Å². The summed E-state index contributed by atoms with van der Waals surface area (Å²) in [6.07, 6.45) is 8.59. The minimum Gasteiger partial charge on any atom is -0.299 e. The van der Waals surface area contributed by atoms with Crippen LogP contribution >= 0.6 is 0 Å². The minimum atomic E-state index is 0.0778. The highest BCUT2D eigenvalue weighted by Gasteiger charge is 2.62. The lowest BCUT2D eigenvalue weighted by molar-refractivity contribution is -0.123. The third-order valence-corrected chi connectivity index (χ3v) is 6.15. The van der Waals surface area contributed by atoms with Gasteiger partial charge in [0.25, 0.3) is 0 Å². The van der Waals surface area contributed by atoms with E-state index in [2.05, 4.69) is 12.2 Å². The second-order valence-corrected chi connectivity index (χ2v) is 6.70. The van der Waals surface area contributed by atoms with Crippen molar-refractivity contribution in [3.05, 3.63) is 23.3 Å². The number of rotatable bonds is 0. The van der Waals surface area contributed by atoms with E-state index in [0.29, 0.717) is 23.7 Å². The lowest BCUT2D eigenvalue weighted by Crippen LogP contribution is -2.35. The maximum atomic E-state index is 12.1. The van der Waals surface area contributed by atoms with E-state index in [-0.39, 0.29) is 29.8 Å². The molecule has 6 aliphatic rings. The van der Waals surface area contributed by atoms with E-state index < -0.39 is 0 Å². The zero-order valence-corrected chi connectivity index (χ0v) is 10.3. The quantitative estimate of drug-likeness (QED) is 0.481. The first-order valence-electron chi connectivity index (χ1n) is 7.23. The second kappa shape index (κ2) is 2.87. The molecular formula is C16H16O2. The molecule has 0 aromatic carbocycles. The van der Waals surface area contributed by atoms with Gasteiger partial charge in [0.1, 0.15) is 11.6 Å². The highest BCUT2D eigenvalue weighted by molar-refractivity contribution is 6.10. The van der Waals surface area contributed by atoms with E-state index in [4.69, 9.17) is 0 Å². The van der Waals surface area contributed by atoms with Gasteiger partial charge in [-0.25, -0.2) is 0 Å². The summed E-state index contributed by atoms with van der Waals surface area (Å²) in [6.45, 7) is 0. The smallest absolute Gasteiger partial charge is 0.144 e. The van der Waals surface area contributed by atoms with Crippen molar-refractivity contribution in [3.63, 3.8) is 0 Å². The molecule has 92 valence electrons. The van der Waals surface area contributed by atoms with Crippen LogP contribution in [0.15, 0.2) is 23.3 Å². The van der Waals surface area contributed by atoms with Crippen molar-refractivity contribution in [1.82, 2.24) is 0 Å². The lowest BCUT2D eigenvalue weighted by Gasteiger charge is -2.41. The summed E-state index contributed by atoms with van der Waals surface area (Å²) >= 11 is 0. The van der Waals surface area contributed by atoms with Crippen LogP contribution in [0.25, 0.3) is 0 Å². The van der Waals surface area contributed by atoms with Crippen molar-refractivity contribution in [2.75, 3.05) is 0 Å². The van der Waals surface area contributed by atoms with Crippen LogP contribution in [0.1, 0.15) is 25.7 Å². The van der Waals surface area contributed by atoms with E-state index >= 15 is 0 Å². The molecule has 18 heavy (non-hydrogen) atoms. The van der Waals surface area contributed by atoms with Gasteiger partial charge >= 0.3 is 0 Å². The average molecular weight is 240 g/mol. The van der Waals surface area contributed by atoms with Gasteiger partial charge in [-0.3, -0.25) is 9.59 Å². The Bertz CT molecular complexity index is 507. The van der Waals surface area contributed by atoms with E-state index in [1.54, 1.807) is 11.1 Å². The van der Waals surface area contributed by atoms with Crippen LogP contribution in [0.2, 0.25) is 0 Å². The van der Waals surface area contributed by atoms with Gasteiger partial charge in [0.2, 0.25) is 0 Å². The number of carbonyl (C=O) groups excluding carboxylic acids is 2. The normalized spacial score (nSPS) is 51.3. The van der Waals surface area contributed by atoms with Gasteiger partial charge < -0.3 is 0 Å². The molecule has 0 amide bonds. The van der Waals surface area contributed by atoms with Gasteiger partial charge in [-0.1, -0.05) is 23.3 Å². The minimum absolute atomic E-state index is 0.0778. The molecule has 2 fully saturated rings. The molecule has 2 saturated carbocycles. The van der Waals surface area contributed by atoms with Crippen molar-refractivity contribution in [2.24, 2.45) is 35.5 Å². The largest absolute Gasteiger partial charge is 0.299 e. The SMILES string of the molecule is O=C1CC(=O)[C@H]2[C@H]1[C@H]1C[C@H]2C2=C1[C@@H]1C=C[C@H]2CC1. The van der Waals surface area contributed by atoms with Crippen molar-refractivity contribution < 1.29 is 9.59 Å². The van der Waals surface area contributed by atoms with Crippen molar-refractivity contribution in [2.45, 2.75) is 25.7 Å². The van der Waals surface area contributed by atoms with Crippen molar-refractivity contribution >= 4 is 11.6 Å². The van der Waals surface area contributed by atoms with Crippen molar-refractivity contribution in [3.8, 4) is 0 Å². The molecule has 6 atom stereocenters. The summed E-state index contributed by atoms with van der Waals surface area (Å²) in [5.74, 6) is 2.72. The average Bonchev–Trinajstić information content (AvgIpc) is 3.03. The zero-order valence-electron chi connectivity index (χ0n) is 10.3. The Morgan fingerprint density at radius 2 is 1.33 bits per heavy atom. The third kappa shape index (κ3) is 0.877. The van der Waals surface area contributed by atoms with Crippen molar-refractivity contribution in [1.29, 1.82) is 0 Å². The van der Waals surface area contributed by atoms with Crippen LogP contribution in [-0.4, -0.2) is 11.6 Å². The summed E-state index contributed by atoms with van der Waals surface area (Å²) < 4.78 is 0. The number of hydrogen-bond donors (Lipinski definition) is 0. The molecule has 0 aromatic rings. The molecule has 0 spiro atoms. The summed E-state index contributed by atoms with van der Waals surface area (Å²) in [4.78, 5) is 24.2. The Morgan fingerprint density at radius 1 is 0.833 bits per heavy atom. The molecule has 0 unspecified atom stereocenters. The Kier molecular flexibility index (Phi) is 1.55. The Labute approximate surface area is 106 Å². The van der Waals surface area contributed by atoms with Gasteiger partial charge in [-0.2, -0.15) is 0 Å². The number of allylic oxidation sites excluding steroid dienone is 4. The first kappa shape index (κ1) is 9.71. The first-order chi connectivity index (χ1) is 8.75. The van der Waals surface area contributed by atoms with E-state index in [1.165, 1.54) is 12.8 Å². The van der Waals surface area contributed by atoms with Gasteiger partial charge in [0.15, 0.2) is 0 Å². The standard InChI is InChI=1S/C16H16O2/c17-11-6-12(18)16-10-5-9(15(11)16)13-7-1-2-8(4-3-7)14(10)13/h1-2,7-10,15-16H,3-6H2/t7-,8+,9-,10-,15-,16-/m0/s1. The molecule has 6 aliphatic carbocycles. The molecule has 6 rings (SSSR count). The lowest BCUT2D eigenvalue weighted by atomic mass is 9.63. The van der Waals surface area contributed by atoms with Crippen LogP contribution in [0.5, 0.6) is 0 Å². The van der Waals surface area contributed by atoms with Gasteiger partial charge in [0, 0.05) is 11.8 Å². The monoisotopic (exact) mass is 240 g/mol. The fourth-order valence-electron chi connectivity index (χ4n) is 5.71. The highest BCUT2D eigenvalue weighted by atomic mass is 16.2. The number of hydrogen-bond acceptors (Lipinski definition) is 2. The molecule has 4 bridgehead atoms. The molecule has 0 N–H and O–H groups in total. The Balaban J connectivity index is 1.69. The fraction of sp³-hybridized carbons (Fsp3) is 0.625. The topological polar surface area (TPSA) is 34.1 Å². The molecule has 0 aliphatic heterocycles. The maximum Gasteiger partial charge on any atom is 0.144 e. The van der Waals surface area contributed by atoms with E-state index in [0.717, 1.165) is 6.42 Å². The van der Waals surface area contributed by atoms with Crippen LogP contribution in [-0.2, 0) is 9.59 Å². The zero-order chi connectivity index (χ0) is 12.0. The fourth-order valence-corrected chi connectivity index (χ4v) is 5.71. The molecule has 0 heterocycles. The summed E-state index contributed by atoms with van der Waals surface area (Å²) in [7, 11) is 0. The van der Waals surface area contributed by atoms with Crippen LogP contribution < -0.4 is 0 Å². The molecule has 2 heteroatoms. The van der Waals surface area contributed by atoms with Crippen LogP contribution in [0.3, 0.4) is 0 Å². The number of carbonyl (C=O) groups is 2. The maximum absolute atomic E-state index is 12.1. The van der Waals surface area contributed by atoms with Crippen LogP contribution in [0.4, 0.5) is 0 Å². The van der Waals surface area contributed by atoms with E-state index in [9.17, 15) is 9.59 Å². The molecular weight excluding hydrogens is 224 g/mol. The highest BCUT2D eigenvalue weighted by Crippen LogP contribution is 2.65. The predicted molar refractivity (Wildman–Crippen MR) is 65.6 cm³/mol. The molecule has 0 aromatic heterocycles. The number of ketones is 2. The second-order valence-electron chi connectivity index (χ2n) is 6.70. The molecule has 2 nitrogen and oxygen atoms in total. The summed E-state index contributed by atoms with van der Waals surface area (Å²) in [6, 6.07) is 0. The summed E-state index contributed by atoms with van der Waals surface area (Å²) in [5.41, 5.74) is 3.20. The Morgan fingerprint density at radius 3 is 1.78 bits per heavy atom. The summed E-state index contributed by atoms with van der Waals surface area (Å²) in [5, 5.41) is 0. The van der Waals surface area contributed by atoms with Gasteiger partial charge in [-0.15, -0.1) is 0 Å². The third-order valence-electron chi connectivity index (χ3n) is 6.15. The number of Topliss-reactive ketones (excluding diaryl/α,β-unsaturated/α-hetero) is 2. The first-order valence-corrected chi connectivity index (χ1v) is 7.23. The number of fused-ring (bicyclic) bond motifs is 6. The van der Waals surface area contributed by atoms with Gasteiger partial charge in [0.05, 0.1) is 6.42 Å². The Hall–Kier alpha value is -1.18. The molecule has 0 saturated heterocycles.